The van der Waals surface area contributed by atoms with Crippen LogP contribution in [0.25, 0.3) is 0 Å². The lowest BCUT2D eigenvalue weighted by Crippen LogP contribution is -2.61. The van der Waals surface area contributed by atoms with E-state index in [9.17, 15) is 9.59 Å². The number of rotatable bonds is 2. The van der Waals surface area contributed by atoms with Crippen LogP contribution in [0.15, 0.2) is 12.2 Å². The third-order valence-electron chi connectivity index (χ3n) is 7.07. The van der Waals surface area contributed by atoms with Gasteiger partial charge in [-0.2, -0.15) is 0 Å². The third-order valence-corrected chi connectivity index (χ3v) is 8.01. The van der Waals surface area contributed by atoms with Crippen molar-refractivity contribution < 1.29 is 19.1 Å². The molecule has 2 saturated carbocycles. The maximum atomic E-state index is 13.0. The van der Waals surface area contributed by atoms with Gasteiger partial charge in [-0.3, -0.25) is 4.79 Å². The van der Waals surface area contributed by atoms with Gasteiger partial charge in [0.05, 0.1) is 5.41 Å². The number of halogens is 2. The van der Waals surface area contributed by atoms with Gasteiger partial charge < -0.3 is 9.47 Å². The van der Waals surface area contributed by atoms with Crippen LogP contribution >= 0.6 is 23.2 Å². The second kappa shape index (κ2) is 4.26. The summed E-state index contributed by atoms with van der Waals surface area (Å²) in [5.41, 5.74) is -2.49. The Balaban J connectivity index is 1.60. The molecular weight excluding hydrogens is 339 g/mol. The standard InChI is InChI=1S/C17H20Cl2O4/c1-14(2)15(3)7-8-16(14,23-12(15)20)13(21)22-11-9-5-4-6-10(9)17(11,18)19/h4,6,9-11H,5,7-8H2,1-3H3/t9-,10+,11-,15+,16-/m1/s1. The number of carbonyl (C=O) groups excluding carboxylic acids is 2. The van der Waals surface area contributed by atoms with Gasteiger partial charge in [-0.1, -0.05) is 49.2 Å². The topological polar surface area (TPSA) is 52.6 Å². The highest BCUT2D eigenvalue weighted by Gasteiger charge is 2.77. The first-order valence-electron chi connectivity index (χ1n) is 8.07. The zero-order chi connectivity index (χ0) is 16.8. The summed E-state index contributed by atoms with van der Waals surface area (Å²) >= 11 is 12.8. The molecule has 3 aliphatic carbocycles. The molecule has 2 bridgehead atoms. The number of hydrogen-bond acceptors (Lipinski definition) is 4. The summed E-state index contributed by atoms with van der Waals surface area (Å²) in [6.07, 6.45) is 5.36. The van der Waals surface area contributed by atoms with Crippen molar-refractivity contribution in [3.63, 3.8) is 0 Å². The zero-order valence-electron chi connectivity index (χ0n) is 13.4. The monoisotopic (exact) mass is 358 g/mol. The van der Waals surface area contributed by atoms with E-state index >= 15 is 0 Å². The van der Waals surface area contributed by atoms with E-state index < -0.39 is 32.8 Å². The van der Waals surface area contributed by atoms with Crippen molar-refractivity contribution in [1.82, 2.24) is 0 Å². The Morgan fingerprint density at radius 1 is 1.30 bits per heavy atom. The van der Waals surface area contributed by atoms with E-state index in [0.717, 1.165) is 6.42 Å². The predicted molar refractivity (Wildman–Crippen MR) is 85.0 cm³/mol. The molecule has 0 unspecified atom stereocenters. The SMILES string of the molecule is CC1(C)[C@@]2(C)CC[C@]1(C(=O)O[C@@H]1[C@@H]3CC=C[C@@H]3C1(Cl)Cl)OC2=O. The van der Waals surface area contributed by atoms with Crippen LogP contribution in [0.4, 0.5) is 0 Å². The van der Waals surface area contributed by atoms with Gasteiger partial charge in [-0.05, 0) is 26.2 Å². The highest BCUT2D eigenvalue weighted by molar-refractivity contribution is 6.50. The number of hydrogen-bond donors (Lipinski definition) is 0. The Labute approximate surface area is 145 Å². The fourth-order valence-electron chi connectivity index (χ4n) is 4.83. The highest BCUT2D eigenvalue weighted by Crippen LogP contribution is 2.66. The van der Waals surface area contributed by atoms with Crippen LogP contribution in [-0.2, 0) is 19.1 Å². The highest BCUT2D eigenvalue weighted by atomic mass is 35.5. The molecule has 4 aliphatic rings. The summed E-state index contributed by atoms with van der Waals surface area (Å²) < 4.78 is 10.2. The lowest BCUT2D eigenvalue weighted by Gasteiger charge is -2.51. The molecule has 3 fully saturated rings. The average molecular weight is 359 g/mol. The molecule has 0 radical (unpaired) electrons. The fraction of sp³-hybridized carbons (Fsp3) is 0.765. The molecule has 6 heteroatoms. The van der Waals surface area contributed by atoms with Crippen LogP contribution in [0.3, 0.4) is 0 Å². The molecule has 1 saturated heterocycles. The predicted octanol–water partition coefficient (Wildman–Crippen LogP) is 3.40. The molecule has 1 heterocycles. The van der Waals surface area contributed by atoms with Crippen LogP contribution in [0.2, 0.25) is 0 Å². The Hall–Kier alpha value is -0.740. The Kier molecular flexibility index (Phi) is 2.92. The van der Waals surface area contributed by atoms with Crippen molar-refractivity contribution in [1.29, 1.82) is 0 Å². The van der Waals surface area contributed by atoms with Crippen LogP contribution in [0, 0.1) is 22.7 Å². The molecule has 4 nitrogen and oxygen atoms in total. The number of ether oxygens (including phenoxy) is 2. The fourth-order valence-corrected chi connectivity index (χ4v) is 5.71. The van der Waals surface area contributed by atoms with E-state index in [0.29, 0.717) is 12.8 Å². The van der Waals surface area contributed by atoms with Crippen LogP contribution in [0.5, 0.6) is 0 Å². The van der Waals surface area contributed by atoms with E-state index in [2.05, 4.69) is 0 Å². The largest absolute Gasteiger partial charge is 0.456 e. The molecule has 0 aromatic heterocycles. The maximum Gasteiger partial charge on any atom is 0.351 e. The molecule has 0 aromatic carbocycles. The van der Waals surface area contributed by atoms with Crippen LogP contribution < -0.4 is 0 Å². The molecular formula is C17H20Cl2O4. The van der Waals surface area contributed by atoms with E-state index in [-0.39, 0.29) is 17.8 Å². The first kappa shape index (κ1) is 15.8. The van der Waals surface area contributed by atoms with E-state index in [4.69, 9.17) is 32.7 Å². The van der Waals surface area contributed by atoms with Gasteiger partial charge >= 0.3 is 11.9 Å². The van der Waals surface area contributed by atoms with Crippen molar-refractivity contribution in [3.8, 4) is 0 Å². The minimum atomic E-state index is -1.22. The second-order valence-electron chi connectivity index (χ2n) is 8.03. The average Bonchev–Trinajstić information content (AvgIpc) is 3.05. The number of esters is 2. The first-order chi connectivity index (χ1) is 10.6. The summed E-state index contributed by atoms with van der Waals surface area (Å²) in [5.74, 6) is -0.673. The zero-order valence-corrected chi connectivity index (χ0v) is 14.9. The van der Waals surface area contributed by atoms with Gasteiger partial charge in [0.25, 0.3) is 0 Å². The van der Waals surface area contributed by atoms with Gasteiger partial charge in [-0.15, -0.1) is 0 Å². The first-order valence-corrected chi connectivity index (χ1v) is 8.82. The quantitative estimate of drug-likeness (QED) is 0.431. The molecule has 126 valence electrons. The van der Waals surface area contributed by atoms with Gasteiger partial charge in [-0.25, -0.2) is 4.79 Å². The molecule has 0 aromatic rings. The van der Waals surface area contributed by atoms with Gasteiger partial charge in [0.2, 0.25) is 5.60 Å². The Morgan fingerprint density at radius 2 is 2.00 bits per heavy atom. The lowest BCUT2D eigenvalue weighted by atomic mass is 9.66. The number of fused-ring (bicyclic) bond motifs is 3. The summed E-state index contributed by atoms with van der Waals surface area (Å²) in [7, 11) is 0. The van der Waals surface area contributed by atoms with Crippen molar-refractivity contribution in [2.45, 2.75) is 56.1 Å². The molecule has 4 rings (SSSR count). The smallest absolute Gasteiger partial charge is 0.351 e. The van der Waals surface area contributed by atoms with Gasteiger partial charge in [0, 0.05) is 17.3 Å². The lowest BCUT2D eigenvalue weighted by molar-refractivity contribution is -0.196. The summed E-state index contributed by atoms with van der Waals surface area (Å²) in [6.45, 7) is 5.67. The summed E-state index contributed by atoms with van der Waals surface area (Å²) in [5, 5.41) is 0. The summed E-state index contributed by atoms with van der Waals surface area (Å²) in [6, 6.07) is 0. The van der Waals surface area contributed by atoms with Gasteiger partial charge in [0.1, 0.15) is 6.10 Å². The van der Waals surface area contributed by atoms with Crippen molar-refractivity contribution in [2.75, 3.05) is 0 Å². The Morgan fingerprint density at radius 3 is 2.57 bits per heavy atom. The molecule has 0 N–H and O–H groups in total. The Bertz CT molecular complexity index is 641. The minimum absolute atomic E-state index is 0.0223. The number of carbonyl (C=O) groups is 2. The second-order valence-corrected chi connectivity index (χ2v) is 9.47. The van der Waals surface area contributed by atoms with Crippen molar-refractivity contribution >= 4 is 35.1 Å². The summed E-state index contributed by atoms with van der Waals surface area (Å²) in [4.78, 5) is 25.2. The minimum Gasteiger partial charge on any atom is -0.456 e. The van der Waals surface area contributed by atoms with Crippen LogP contribution in [0.1, 0.15) is 40.0 Å². The molecule has 5 atom stereocenters. The van der Waals surface area contributed by atoms with Gasteiger partial charge in [0.15, 0.2) is 4.33 Å². The number of alkyl halides is 2. The van der Waals surface area contributed by atoms with E-state index in [1.54, 1.807) is 0 Å². The molecule has 0 amide bonds. The molecule has 1 aliphatic heterocycles. The molecule has 0 spiro atoms. The molecule has 23 heavy (non-hydrogen) atoms. The van der Waals surface area contributed by atoms with E-state index in [1.165, 1.54) is 0 Å². The third kappa shape index (κ3) is 1.55. The number of allylic oxidation sites excluding steroid dienone is 2. The van der Waals surface area contributed by atoms with Crippen molar-refractivity contribution in [2.24, 2.45) is 22.7 Å². The van der Waals surface area contributed by atoms with Crippen LogP contribution in [-0.4, -0.2) is 28.0 Å². The van der Waals surface area contributed by atoms with E-state index in [1.807, 2.05) is 32.9 Å². The normalized spacial score (nSPS) is 47.9. The maximum absolute atomic E-state index is 13.0. The van der Waals surface area contributed by atoms with Crippen molar-refractivity contribution in [3.05, 3.63) is 12.2 Å².